The Kier molecular flexibility index (Phi) is 6.06. The van der Waals surface area contributed by atoms with E-state index in [-0.39, 0.29) is 17.7 Å². The zero-order valence-corrected chi connectivity index (χ0v) is 20.4. The van der Waals surface area contributed by atoms with Crippen molar-refractivity contribution in [2.45, 2.75) is 76.4 Å². The number of carboxylic acids is 1. The Bertz CT molecular complexity index is 930. The van der Waals surface area contributed by atoms with Crippen LogP contribution in [-0.4, -0.2) is 53.0 Å². The quantitative estimate of drug-likeness (QED) is 0.660. The second-order valence-corrected chi connectivity index (χ2v) is 11.3. The van der Waals surface area contributed by atoms with Gasteiger partial charge in [-0.05, 0) is 50.8 Å². The summed E-state index contributed by atoms with van der Waals surface area (Å²) in [5.74, 6) is -3.02. The van der Waals surface area contributed by atoms with Gasteiger partial charge in [-0.3, -0.25) is 24.6 Å². The average Bonchev–Trinajstić information content (AvgIpc) is 3.23. The smallest absolute Gasteiger partial charge is 0.324 e. The van der Waals surface area contributed by atoms with Crippen molar-refractivity contribution in [3.05, 3.63) is 29.8 Å². The fourth-order valence-electron chi connectivity index (χ4n) is 6.25. The third-order valence-electron chi connectivity index (χ3n) is 7.81. The van der Waals surface area contributed by atoms with Crippen LogP contribution in [-0.2, 0) is 14.4 Å². The molecule has 2 N–H and O–H groups in total. The lowest BCUT2D eigenvalue weighted by atomic mass is 9.72. The van der Waals surface area contributed by atoms with Crippen LogP contribution in [0.15, 0.2) is 24.3 Å². The van der Waals surface area contributed by atoms with E-state index in [1.807, 2.05) is 64.0 Å². The van der Waals surface area contributed by atoms with Gasteiger partial charge in [-0.1, -0.05) is 44.2 Å². The molecule has 0 spiro atoms. The first-order chi connectivity index (χ1) is 15.5. The topological polar surface area (TPSA) is 90.0 Å². The lowest BCUT2D eigenvalue weighted by Gasteiger charge is -2.37. The summed E-state index contributed by atoms with van der Waals surface area (Å²) < 4.78 is 0. The van der Waals surface area contributed by atoms with Crippen molar-refractivity contribution in [3.8, 4) is 0 Å². The van der Waals surface area contributed by atoms with E-state index in [2.05, 4.69) is 5.32 Å². The number of nitrogens with one attached hydrogen (secondary N) is 1. The molecule has 1 aliphatic carbocycles. The molecule has 7 nitrogen and oxygen atoms in total. The largest absolute Gasteiger partial charge is 0.480 e. The summed E-state index contributed by atoms with van der Waals surface area (Å²) in [6.07, 6.45) is 5.68. The molecule has 0 radical (unpaired) electrons. The minimum atomic E-state index is -1.44. The molecule has 2 heterocycles. The molecule has 3 aliphatic rings. The van der Waals surface area contributed by atoms with Crippen LogP contribution in [0, 0.1) is 17.8 Å². The molecule has 0 aromatic heterocycles. The molecule has 180 valence electrons. The maximum atomic E-state index is 13.7. The number of aliphatic carboxylic acids is 1. The minimum absolute atomic E-state index is 0.240. The maximum absolute atomic E-state index is 13.7. The Morgan fingerprint density at radius 3 is 2.21 bits per heavy atom. The summed E-state index contributed by atoms with van der Waals surface area (Å²) in [7, 11) is 3.91. The molecule has 0 bridgehead atoms. The first kappa shape index (κ1) is 23.7. The third-order valence-corrected chi connectivity index (χ3v) is 7.81. The van der Waals surface area contributed by atoms with Crippen LogP contribution in [0.3, 0.4) is 0 Å². The van der Waals surface area contributed by atoms with Crippen molar-refractivity contribution in [3.63, 3.8) is 0 Å². The fourth-order valence-corrected chi connectivity index (χ4v) is 6.25. The van der Waals surface area contributed by atoms with Crippen LogP contribution in [0.4, 0.5) is 5.69 Å². The number of likely N-dealkylation sites (tertiary alicyclic amines) is 1. The van der Waals surface area contributed by atoms with Gasteiger partial charge in [0.2, 0.25) is 11.8 Å². The van der Waals surface area contributed by atoms with Gasteiger partial charge in [0.15, 0.2) is 0 Å². The molecule has 7 heteroatoms. The number of anilines is 1. The molecule has 4 unspecified atom stereocenters. The van der Waals surface area contributed by atoms with Crippen molar-refractivity contribution in [1.29, 1.82) is 0 Å². The summed E-state index contributed by atoms with van der Waals surface area (Å²) in [6.45, 7) is 5.51. The summed E-state index contributed by atoms with van der Waals surface area (Å²) >= 11 is 0. The molecule has 3 fully saturated rings. The zero-order valence-electron chi connectivity index (χ0n) is 20.4. The number of carbonyl (C=O) groups excluding carboxylic acids is 2. The van der Waals surface area contributed by atoms with E-state index in [0.717, 1.165) is 36.9 Å². The van der Waals surface area contributed by atoms with Gasteiger partial charge >= 0.3 is 5.97 Å². The first-order valence-electron chi connectivity index (χ1n) is 12.1. The lowest BCUT2D eigenvalue weighted by molar-refractivity contribution is -0.154. The molecule has 2 aliphatic heterocycles. The van der Waals surface area contributed by atoms with Gasteiger partial charge < -0.3 is 10.0 Å². The maximum Gasteiger partial charge on any atom is 0.324 e. The molecule has 1 aromatic carbocycles. The van der Waals surface area contributed by atoms with E-state index in [0.29, 0.717) is 6.42 Å². The van der Waals surface area contributed by atoms with Gasteiger partial charge in [0.05, 0.1) is 11.8 Å². The summed E-state index contributed by atoms with van der Waals surface area (Å²) in [6, 6.07) is 7.31. The number of hydrogen-bond acceptors (Lipinski definition) is 5. The number of rotatable bonds is 5. The van der Waals surface area contributed by atoms with Gasteiger partial charge in [0.25, 0.3) is 0 Å². The van der Waals surface area contributed by atoms with Gasteiger partial charge in [-0.15, -0.1) is 0 Å². The van der Waals surface area contributed by atoms with Gasteiger partial charge in [0, 0.05) is 31.4 Å². The number of nitrogens with zero attached hydrogens (tertiary/aromatic N) is 2. The minimum Gasteiger partial charge on any atom is -0.480 e. The summed E-state index contributed by atoms with van der Waals surface area (Å²) in [4.78, 5) is 43.6. The number of hydrogen-bond donors (Lipinski definition) is 2. The van der Waals surface area contributed by atoms with Crippen LogP contribution < -0.4 is 10.2 Å². The Balaban J connectivity index is 1.79. The van der Waals surface area contributed by atoms with Gasteiger partial charge in [0.1, 0.15) is 5.54 Å². The average molecular weight is 456 g/mol. The van der Waals surface area contributed by atoms with Crippen LogP contribution in [0.2, 0.25) is 0 Å². The van der Waals surface area contributed by atoms with Gasteiger partial charge in [-0.2, -0.15) is 0 Å². The van der Waals surface area contributed by atoms with E-state index in [4.69, 9.17) is 0 Å². The highest BCUT2D eigenvalue weighted by Crippen LogP contribution is 2.53. The predicted molar refractivity (Wildman–Crippen MR) is 127 cm³/mol. The van der Waals surface area contributed by atoms with Crippen molar-refractivity contribution >= 4 is 23.5 Å². The van der Waals surface area contributed by atoms with Crippen LogP contribution in [0.5, 0.6) is 0 Å². The van der Waals surface area contributed by atoms with E-state index in [1.54, 1.807) is 0 Å². The molecular weight excluding hydrogens is 418 g/mol. The Morgan fingerprint density at radius 2 is 1.70 bits per heavy atom. The third kappa shape index (κ3) is 3.94. The fraction of sp³-hybridized carbons (Fsp3) is 0.654. The van der Waals surface area contributed by atoms with E-state index < -0.39 is 34.9 Å². The van der Waals surface area contributed by atoms with Crippen LogP contribution in [0.25, 0.3) is 0 Å². The van der Waals surface area contributed by atoms with Crippen LogP contribution >= 0.6 is 0 Å². The highest BCUT2D eigenvalue weighted by atomic mass is 16.4. The number of benzene rings is 1. The Labute approximate surface area is 196 Å². The Morgan fingerprint density at radius 1 is 1.09 bits per heavy atom. The van der Waals surface area contributed by atoms with Gasteiger partial charge in [-0.25, -0.2) is 0 Å². The summed E-state index contributed by atoms with van der Waals surface area (Å²) in [5.41, 5.74) is -0.276. The standard InChI is InChI=1S/C26H37N3O4/c1-25(2,3)29-22(30)19-20(23(29)31)26(24(32)33,15-16-9-7-6-8-10-16)27-21(19)17-11-13-18(14-12-17)28(4)5/h11-14,16,19-21,27H,6-10,15H2,1-5H3,(H,32,33). The van der Waals surface area contributed by atoms with E-state index in [9.17, 15) is 19.5 Å². The van der Waals surface area contributed by atoms with Crippen molar-refractivity contribution < 1.29 is 19.5 Å². The molecular formula is C26H37N3O4. The molecule has 33 heavy (non-hydrogen) atoms. The molecule has 4 atom stereocenters. The number of fused-ring (bicyclic) bond motifs is 1. The number of carbonyl (C=O) groups is 3. The van der Waals surface area contributed by atoms with Crippen molar-refractivity contribution in [2.24, 2.45) is 17.8 Å². The van der Waals surface area contributed by atoms with E-state index in [1.165, 1.54) is 11.3 Å². The summed E-state index contributed by atoms with van der Waals surface area (Å²) in [5, 5.41) is 13.9. The second-order valence-electron chi connectivity index (χ2n) is 11.3. The number of carboxylic acid groups (broad SMARTS) is 1. The first-order valence-corrected chi connectivity index (χ1v) is 12.1. The SMILES string of the molecule is CN(C)c1ccc(C2NC(CC3CCCCC3)(C(=O)O)C3C(=O)N(C(C)(C)C)C(=O)C23)cc1. The number of amides is 2. The van der Waals surface area contributed by atoms with Crippen molar-refractivity contribution in [2.75, 3.05) is 19.0 Å². The van der Waals surface area contributed by atoms with Crippen LogP contribution in [0.1, 0.15) is 70.9 Å². The normalized spacial score (nSPS) is 30.6. The predicted octanol–water partition coefficient (Wildman–Crippen LogP) is 3.59. The molecule has 1 saturated carbocycles. The molecule has 1 aromatic rings. The molecule has 2 amide bonds. The molecule has 2 saturated heterocycles. The number of imide groups is 1. The molecule has 4 rings (SSSR count). The highest BCUT2D eigenvalue weighted by molar-refractivity contribution is 6.10. The van der Waals surface area contributed by atoms with Crippen molar-refractivity contribution in [1.82, 2.24) is 10.2 Å². The lowest BCUT2D eigenvalue weighted by Crippen LogP contribution is -2.58. The zero-order chi connectivity index (χ0) is 24.1. The highest BCUT2D eigenvalue weighted by Gasteiger charge is 2.69. The monoisotopic (exact) mass is 455 g/mol. The second kappa shape index (κ2) is 8.42. The Hall–Kier alpha value is -2.41. The van der Waals surface area contributed by atoms with E-state index >= 15 is 0 Å².